The molecule has 4 nitrogen and oxygen atoms in total. The van der Waals surface area contributed by atoms with Gasteiger partial charge in [0.15, 0.2) is 0 Å². The predicted molar refractivity (Wildman–Crippen MR) is 68.7 cm³/mol. The molecule has 0 aliphatic heterocycles. The van der Waals surface area contributed by atoms with E-state index in [2.05, 4.69) is 5.32 Å². The summed E-state index contributed by atoms with van der Waals surface area (Å²) in [5.74, 6) is 0.0205. The lowest BCUT2D eigenvalue weighted by Crippen LogP contribution is -2.26. The normalized spacial score (nSPS) is 10.2. The van der Waals surface area contributed by atoms with E-state index in [-0.39, 0.29) is 5.91 Å². The van der Waals surface area contributed by atoms with Gasteiger partial charge in [0, 0.05) is 25.4 Å². The Morgan fingerprint density at radius 3 is 3.00 bits per heavy atom. The third-order valence-corrected chi connectivity index (χ3v) is 2.31. The van der Waals surface area contributed by atoms with Gasteiger partial charge < -0.3 is 15.8 Å². The van der Waals surface area contributed by atoms with E-state index in [4.69, 9.17) is 10.5 Å². The molecule has 3 N–H and O–H groups in total. The van der Waals surface area contributed by atoms with Crippen molar-refractivity contribution in [3.05, 3.63) is 29.8 Å². The van der Waals surface area contributed by atoms with Gasteiger partial charge in [0.1, 0.15) is 0 Å². The quantitative estimate of drug-likeness (QED) is 0.555. The van der Waals surface area contributed by atoms with Crippen LogP contribution in [0.3, 0.4) is 0 Å². The average molecular weight is 236 g/mol. The number of ether oxygens (including phenoxy) is 1. The monoisotopic (exact) mass is 236 g/mol. The van der Waals surface area contributed by atoms with Crippen LogP contribution in [0.15, 0.2) is 24.3 Å². The first kappa shape index (κ1) is 13.5. The summed E-state index contributed by atoms with van der Waals surface area (Å²) in [5, 5.41) is 2.85. The fourth-order valence-corrected chi connectivity index (χ4v) is 1.50. The second-order valence-corrected chi connectivity index (χ2v) is 3.82. The van der Waals surface area contributed by atoms with E-state index in [1.807, 2.05) is 31.2 Å². The van der Waals surface area contributed by atoms with Crippen LogP contribution in [0.2, 0.25) is 0 Å². The van der Waals surface area contributed by atoms with Crippen molar-refractivity contribution < 1.29 is 9.53 Å². The maximum atomic E-state index is 11.6. The number of hydrogen-bond acceptors (Lipinski definition) is 3. The van der Waals surface area contributed by atoms with Gasteiger partial charge in [0.2, 0.25) is 5.91 Å². The highest BCUT2D eigenvalue weighted by Gasteiger charge is 2.02. The molecule has 1 aromatic carbocycles. The molecule has 0 aromatic heterocycles. The van der Waals surface area contributed by atoms with Crippen LogP contribution in [0.1, 0.15) is 18.9 Å². The molecule has 17 heavy (non-hydrogen) atoms. The van der Waals surface area contributed by atoms with Crippen molar-refractivity contribution in [3.63, 3.8) is 0 Å². The molecule has 4 heteroatoms. The summed E-state index contributed by atoms with van der Waals surface area (Å²) in [5.41, 5.74) is 7.27. The molecule has 0 atom stereocenters. The first-order chi connectivity index (χ1) is 8.22. The van der Waals surface area contributed by atoms with Crippen LogP contribution >= 0.6 is 0 Å². The maximum absolute atomic E-state index is 11.6. The van der Waals surface area contributed by atoms with Crippen molar-refractivity contribution in [3.8, 4) is 0 Å². The van der Waals surface area contributed by atoms with Crippen LogP contribution in [-0.4, -0.2) is 25.7 Å². The third-order valence-electron chi connectivity index (χ3n) is 2.31. The Kier molecular flexibility index (Phi) is 6.10. The van der Waals surface area contributed by atoms with Gasteiger partial charge >= 0.3 is 0 Å². The number of amides is 1. The number of rotatable bonds is 7. The Bertz CT molecular complexity index is 353. The van der Waals surface area contributed by atoms with Crippen molar-refractivity contribution in [1.82, 2.24) is 5.32 Å². The lowest BCUT2D eigenvalue weighted by molar-refractivity contribution is -0.120. The molecular weight excluding hydrogens is 216 g/mol. The number of carbonyl (C=O) groups excluding carboxylic acids is 1. The molecule has 94 valence electrons. The molecule has 0 saturated heterocycles. The summed E-state index contributed by atoms with van der Waals surface area (Å²) in [4.78, 5) is 11.6. The molecule has 0 aliphatic rings. The summed E-state index contributed by atoms with van der Waals surface area (Å²) < 4.78 is 5.18. The summed E-state index contributed by atoms with van der Waals surface area (Å²) in [6, 6.07) is 7.38. The summed E-state index contributed by atoms with van der Waals surface area (Å²) >= 11 is 0. The molecule has 0 heterocycles. The largest absolute Gasteiger partial charge is 0.399 e. The average Bonchev–Trinajstić information content (AvgIpc) is 2.29. The Morgan fingerprint density at radius 1 is 1.47 bits per heavy atom. The van der Waals surface area contributed by atoms with Crippen molar-refractivity contribution in [2.24, 2.45) is 0 Å². The predicted octanol–water partition coefficient (Wildman–Crippen LogP) is 1.35. The van der Waals surface area contributed by atoms with E-state index in [0.717, 1.165) is 18.6 Å². The Hall–Kier alpha value is -1.55. The van der Waals surface area contributed by atoms with Crippen molar-refractivity contribution in [2.45, 2.75) is 19.8 Å². The van der Waals surface area contributed by atoms with Gasteiger partial charge in [-0.05, 0) is 31.0 Å². The molecule has 1 amide bonds. The highest BCUT2D eigenvalue weighted by molar-refractivity contribution is 5.78. The topological polar surface area (TPSA) is 64.3 Å². The minimum Gasteiger partial charge on any atom is -0.399 e. The molecule has 1 rings (SSSR count). The van der Waals surface area contributed by atoms with Crippen molar-refractivity contribution in [1.29, 1.82) is 0 Å². The second kappa shape index (κ2) is 7.68. The summed E-state index contributed by atoms with van der Waals surface area (Å²) in [6.07, 6.45) is 1.22. The molecule has 0 fully saturated rings. The lowest BCUT2D eigenvalue weighted by Gasteiger charge is -2.06. The van der Waals surface area contributed by atoms with Crippen LogP contribution in [0, 0.1) is 0 Å². The molecule has 1 aromatic rings. The van der Waals surface area contributed by atoms with Gasteiger partial charge in [0.05, 0.1) is 6.42 Å². The number of nitrogens with one attached hydrogen (secondary N) is 1. The minimum absolute atomic E-state index is 0.0205. The number of hydrogen-bond donors (Lipinski definition) is 2. The zero-order valence-corrected chi connectivity index (χ0v) is 10.2. The van der Waals surface area contributed by atoms with Gasteiger partial charge in [-0.2, -0.15) is 0 Å². The molecule has 0 aliphatic carbocycles. The first-order valence-electron chi connectivity index (χ1n) is 5.91. The molecular formula is C13H20N2O2. The molecule has 0 saturated carbocycles. The minimum atomic E-state index is 0.0205. The van der Waals surface area contributed by atoms with Gasteiger partial charge in [0.25, 0.3) is 0 Å². The summed E-state index contributed by atoms with van der Waals surface area (Å²) in [7, 11) is 0. The third kappa shape index (κ3) is 5.92. The van der Waals surface area contributed by atoms with Crippen LogP contribution < -0.4 is 11.1 Å². The van der Waals surface area contributed by atoms with Gasteiger partial charge in [-0.3, -0.25) is 4.79 Å². The smallest absolute Gasteiger partial charge is 0.224 e. The zero-order valence-electron chi connectivity index (χ0n) is 10.2. The van der Waals surface area contributed by atoms with Crippen LogP contribution in [0.4, 0.5) is 5.69 Å². The molecule has 0 radical (unpaired) electrons. The first-order valence-corrected chi connectivity index (χ1v) is 5.91. The van der Waals surface area contributed by atoms with Crippen LogP contribution in [-0.2, 0) is 16.0 Å². The van der Waals surface area contributed by atoms with Crippen LogP contribution in [0.5, 0.6) is 0 Å². The van der Waals surface area contributed by atoms with Crippen LogP contribution in [0.25, 0.3) is 0 Å². The number of benzene rings is 1. The van der Waals surface area contributed by atoms with Gasteiger partial charge in [-0.15, -0.1) is 0 Å². The fraction of sp³-hybridized carbons (Fsp3) is 0.462. The van der Waals surface area contributed by atoms with E-state index in [1.54, 1.807) is 0 Å². The lowest BCUT2D eigenvalue weighted by atomic mass is 10.1. The summed E-state index contributed by atoms with van der Waals surface area (Å²) in [6.45, 7) is 4.02. The SMILES string of the molecule is CCOCCCNC(=O)Cc1cccc(N)c1. The Labute approximate surface area is 102 Å². The van der Waals surface area contributed by atoms with E-state index >= 15 is 0 Å². The van der Waals surface area contributed by atoms with Gasteiger partial charge in [-0.1, -0.05) is 12.1 Å². The standard InChI is InChI=1S/C13H20N2O2/c1-2-17-8-4-7-15-13(16)10-11-5-3-6-12(14)9-11/h3,5-6,9H,2,4,7-8,10,14H2,1H3,(H,15,16). The Morgan fingerprint density at radius 2 is 2.29 bits per heavy atom. The maximum Gasteiger partial charge on any atom is 0.224 e. The van der Waals surface area contributed by atoms with E-state index in [9.17, 15) is 4.79 Å². The van der Waals surface area contributed by atoms with Crippen molar-refractivity contribution >= 4 is 11.6 Å². The molecule has 0 bridgehead atoms. The van der Waals surface area contributed by atoms with E-state index in [0.29, 0.717) is 25.3 Å². The molecule has 0 unspecified atom stereocenters. The van der Waals surface area contributed by atoms with Gasteiger partial charge in [-0.25, -0.2) is 0 Å². The zero-order chi connectivity index (χ0) is 12.5. The van der Waals surface area contributed by atoms with E-state index < -0.39 is 0 Å². The number of nitrogen functional groups attached to an aromatic ring is 1. The number of carbonyl (C=O) groups is 1. The van der Waals surface area contributed by atoms with Crippen molar-refractivity contribution in [2.75, 3.05) is 25.5 Å². The number of anilines is 1. The highest BCUT2D eigenvalue weighted by Crippen LogP contribution is 2.06. The highest BCUT2D eigenvalue weighted by atomic mass is 16.5. The van der Waals surface area contributed by atoms with E-state index in [1.165, 1.54) is 0 Å². The second-order valence-electron chi connectivity index (χ2n) is 3.82. The molecule has 0 spiro atoms. The number of nitrogens with two attached hydrogens (primary N) is 1. The fourth-order valence-electron chi connectivity index (χ4n) is 1.50. The Balaban J connectivity index is 2.21.